The zero-order chi connectivity index (χ0) is 24.5. The van der Waals surface area contributed by atoms with Crippen LogP contribution in [0, 0.1) is 0 Å². The maximum absolute atomic E-state index is 13.2. The molecule has 0 aromatic heterocycles. The zero-order valence-electron chi connectivity index (χ0n) is 20.2. The maximum Gasteiger partial charge on any atom is 0.161 e. The van der Waals surface area contributed by atoms with Gasteiger partial charge in [-0.25, -0.2) is 0 Å². The van der Waals surface area contributed by atoms with Gasteiger partial charge in [-0.05, 0) is 68.0 Å². The number of allylic oxidation sites excluding steroid dienone is 4. The molecule has 0 spiro atoms. The number of nitrogens with zero attached hydrogens (tertiary/aromatic N) is 1. The van der Waals surface area contributed by atoms with E-state index in [4.69, 9.17) is 21.1 Å². The summed E-state index contributed by atoms with van der Waals surface area (Å²) in [6.45, 7) is 2.79. The van der Waals surface area contributed by atoms with Crippen molar-refractivity contribution in [2.75, 3.05) is 13.7 Å². The van der Waals surface area contributed by atoms with Gasteiger partial charge in [0.1, 0.15) is 6.61 Å². The first-order valence-corrected chi connectivity index (χ1v) is 12.8. The predicted molar refractivity (Wildman–Crippen MR) is 136 cm³/mol. The Morgan fingerprint density at radius 1 is 0.857 bits per heavy atom. The fraction of sp³-hybridized carbons (Fsp3) is 0.379. The number of hydrogen-bond donors (Lipinski definition) is 0. The average molecular weight is 492 g/mol. The summed E-state index contributed by atoms with van der Waals surface area (Å²) in [4.78, 5) is 28.6. The molecule has 2 aromatic carbocycles. The van der Waals surface area contributed by atoms with Crippen LogP contribution in [0.15, 0.2) is 65.0 Å². The molecule has 0 atom stereocenters. The summed E-state index contributed by atoms with van der Waals surface area (Å²) in [5, 5.41) is 0.683. The van der Waals surface area contributed by atoms with Gasteiger partial charge < -0.3 is 14.4 Å². The predicted octanol–water partition coefficient (Wildman–Crippen LogP) is 6.36. The number of ketones is 2. The topological polar surface area (TPSA) is 55.8 Å². The van der Waals surface area contributed by atoms with Crippen LogP contribution in [0.1, 0.15) is 62.5 Å². The fourth-order valence-electron chi connectivity index (χ4n) is 5.52. The van der Waals surface area contributed by atoms with Crippen LogP contribution >= 0.6 is 11.6 Å². The number of rotatable bonds is 6. The molecule has 0 bridgehead atoms. The minimum atomic E-state index is -0.346. The fourth-order valence-corrected chi connectivity index (χ4v) is 5.65. The van der Waals surface area contributed by atoms with E-state index in [1.807, 2.05) is 56.4 Å². The molecule has 6 heteroatoms. The van der Waals surface area contributed by atoms with Crippen LogP contribution in [0.25, 0.3) is 0 Å². The Hall–Kier alpha value is -3.05. The first-order chi connectivity index (χ1) is 17.0. The van der Waals surface area contributed by atoms with Crippen molar-refractivity contribution in [1.29, 1.82) is 0 Å². The average Bonchev–Trinajstić information content (AvgIpc) is 2.86. The second kappa shape index (κ2) is 9.90. The van der Waals surface area contributed by atoms with Crippen LogP contribution < -0.4 is 9.47 Å². The van der Waals surface area contributed by atoms with E-state index in [0.717, 1.165) is 59.4 Å². The molecule has 0 saturated heterocycles. The Morgan fingerprint density at radius 2 is 1.49 bits per heavy atom. The van der Waals surface area contributed by atoms with Gasteiger partial charge in [-0.15, -0.1) is 0 Å². The van der Waals surface area contributed by atoms with Gasteiger partial charge in [-0.3, -0.25) is 9.59 Å². The van der Waals surface area contributed by atoms with Crippen LogP contribution in [0.5, 0.6) is 11.5 Å². The van der Waals surface area contributed by atoms with Crippen molar-refractivity contribution in [2.45, 2.75) is 58.0 Å². The third-order valence-corrected chi connectivity index (χ3v) is 7.41. The Morgan fingerprint density at radius 3 is 2.09 bits per heavy atom. The third-order valence-electron chi connectivity index (χ3n) is 7.15. The van der Waals surface area contributed by atoms with Gasteiger partial charge in [0.25, 0.3) is 0 Å². The Kier molecular flexibility index (Phi) is 6.70. The molecule has 0 N–H and O–H groups in total. The van der Waals surface area contributed by atoms with Gasteiger partial charge in [-0.2, -0.15) is 0 Å². The van der Waals surface area contributed by atoms with Gasteiger partial charge in [-0.1, -0.05) is 29.8 Å². The molecule has 0 radical (unpaired) electrons. The first kappa shape index (κ1) is 23.7. The van der Waals surface area contributed by atoms with Gasteiger partial charge >= 0.3 is 0 Å². The molecule has 35 heavy (non-hydrogen) atoms. The largest absolute Gasteiger partial charge is 0.490 e. The van der Waals surface area contributed by atoms with E-state index in [-0.39, 0.29) is 17.5 Å². The minimum absolute atomic E-state index is 0.147. The number of benzene rings is 2. The lowest BCUT2D eigenvalue weighted by Gasteiger charge is -2.42. The quantitative estimate of drug-likeness (QED) is 0.470. The molecule has 0 fully saturated rings. The third kappa shape index (κ3) is 4.50. The summed E-state index contributed by atoms with van der Waals surface area (Å²) in [6.07, 6.45) is 4.49. The number of Topliss-reactive ketones (excluding diaryl/α,β-unsaturated/α-hetero) is 2. The van der Waals surface area contributed by atoms with E-state index >= 15 is 0 Å². The highest BCUT2D eigenvalue weighted by atomic mass is 35.5. The lowest BCUT2D eigenvalue weighted by Crippen LogP contribution is -2.37. The highest BCUT2D eigenvalue weighted by Gasteiger charge is 2.42. The summed E-state index contributed by atoms with van der Waals surface area (Å²) in [5.41, 5.74) is 5.61. The second-order valence-electron chi connectivity index (χ2n) is 9.32. The van der Waals surface area contributed by atoms with Gasteiger partial charge in [0, 0.05) is 53.4 Å². The zero-order valence-corrected chi connectivity index (χ0v) is 21.0. The molecular weight excluding hydrogens is 462 g/mol. The summed E-state index contributed by atoms with van der Waals surface area (Å²) >= 11 is 5.99. The van der Waals surface area contributed by atoms with Crippen LogP contribution in [0.3, 0.4) is 0 Å². The Bertz CT molecular complexity index is 1180. The van der Waals surface area contributed by atoms with Crippen molar-refractivity contribution in [3.63, 3.8) is 0 Å². The van der Waals surface area contributed by atoms with Crippen molar-refractivity contribution < 1.29 is 19.1 Å². The maximum atomic E-state index is 13.2. The van der Waals surface area contributed by atoms with Gasteiger partial charge in [0.05, 0.1) is 6.61 Å². The lowest BCUT2D eigenvalue weighted by atomic mass is 9.71. The SMILES string of the molecule is CCOc1cc(C2C3=C(CCCC3=O)N(C)C3=C2C(=O)CCC3)ccc1OCc1ccc(Cl)cc1. The van der Waals surface area contributed by atoms with E-state index < -0.39 is 0 Å². The van der Waals surface area contributed by atoms with Gasteiger partial charge in [0.2, 0.25) is 0 Å². The Balaban J connectivity index is 1.54. The number of ether oxygens (including phenoxy) is 2. The van der Waals surface area contributed by atoms with Gasteiger partial charge in [0.15, 0.2) is 23.1 Å². The summed E-state index contributed by atoms with van der Waals surface area (Å²) in [5.74, 6) is 1.20. The number of carbonyl (C=O) groups excluding carboxylic acids is 2. The molecule has 182 valence electrons. The van der Waals surface area contributed by atoms with Crippen molar-refractivity contribution in [3.8, 4) is 11.5 Å². The highest BCUT2D eigenvalue weighted by Crippen LogP contribution is 2.49. The molecule has 0 saturated carbocycles. The molecule has 2 aliphatic carbocycles. The smallest absolute Gasteiger partial charge is 0.161 e. The van der Waals surface area contributed by atoms with Crippen molar-refractivity contribution in [2.24, 2.45) is 0 Å². The van der Waals surface area contributed by atoms with Crippen LogP contribution in [-0.2, 0) is 16.2 Å². The Labute approximate surface area is 211 Å². The van der Waals surface area contributed by atoms with E-state index in [2.05, 4.69) is 4.90 Å². The van der Waals surface area contributed by atoms with Crippen LogP contribution in [-0.4, -0.2) is 30.1 Å². The van der Waals surface area contributed by atoms with E-state index in [1.54, 1.807) is 0 Å². The van der Waals surface area contributed by atoms with E-state index in [9.17, 15) is 9.59 Å². The molecule has 5 nitrogen and oxygen atoms in total. The summed E-state index contributed by atoms with van der Waals surface area (Å²) < 4.78 is 12.1. The number of carbonyl (C=O) groups is 2. The van der Waals surface area contributed by atoms with Crippen LogP contribution in [0.4, 0.5) is 0 Å². The summed E-state index contributed by atoms with van der Waals surface area (Å²) in [6, 6.07) is 13.4. The van der Waals surface area contributed by atoms with Crippen LogP contribution in [0.2, 0.25) is 5.02 Å². The lowest BCUT2D eigenvalue weighted by molar-refractivity contribution is -0.117. The molecule has 1 heterocycles. The van der Waals surface area contributed by atoms with Crippen molar-refractivity contribution in [3.05, 3.63) is 81.2 Å². The number of hydrogen-bond acceptors (Lipinski definition) is 5. The molecule has 3 aliphatic rings. The molecule has 5 rings (SSSR count). The minimum Gasteiger partial charge on any atom is -0.490 e. The molecule has 0 unspecified atom stereocenters. The van der Waals surface area contributed by atoms with E-state index in [0.29, 0.717) is 42.6 Å². The number of halogens is 1. The summed E-state index contributed by atoms with van der Waals surface area (Å²) in [7, 11) is 2.01. The first-order valence-electron chi connectivity index (χ1n) is 12.4. The monoisotopic (exact) mass is 491 g/mol. The standard InChI is InChI=1S/C29H30ClNO4/c1-3-34-26-16-19(12-15-25(26)35-17-18-10-13-20(30)14-11-18)27-28-21(6-4-8-23(28)32)31(2)22-7-5-9-24(33)29(22)27/h10-16,27H,3-9,17H2,1-2H3. The second-order valence-corrected chi connectivity index (χ2v) is 9.76. The normalized spacial score (nSPS) is 18.5. The molecule has 2 aromatic rings. The molecule has 1 aliphatic heterocycles. The highest BCUT2D eigenvalue weighted by molar-refractivity contribution is 6.30. The molecule has 0 amide bonds. The van der Waals surface area contributed by atoms with Crippen molar-refractivity contribution in [1.82, 2.24) is 4.90 Å². The van der Waals surface area contributed by atoms with E-state index in [1.165, 1.54) is 0 Å². The van der Waals surface area contributed by atoms with Crippen molar-refractivity contribution >= 4 is 23.2 Å². The molecular formula is C29H30ClNO4.